The predicted octanol–water partition coefficient (Wildman–Crippen LogP) is 3.48. The Morgan fingerprint density at radius 3 is 2.44 bits per heavy atom. The molecule has 0 aromatic heterocycles. The standard InChI is InChI=1S/C14H20N2OS/c1-8(2)12-7-13(14(17)6-9(12)3)10(4)15-16-11(5)18/h6-8,17H,1-5H3,(H,16,18)/b15-10+. The normalized spacial score (nSPS) is 11.8. The molecule has 0 bridgehead atoms. The third-order valence-electron chi connectivity index (χ3n) is 2.78. The lowest BCUT2D eigenvalue weighted by Crippen LogP contribution is -2.13. The second-order valence-corrected chi connectivity index (χ2v) is 5.36. The molecule has 0 saturated heterocycles. The highest BCUT2D eigenvalue weighted by atomic mass is 32.1. The number of hydrogen-bond donors (Lipinski definition) is 2. The van der Waals surface area contributed by atoms with E-state index >= 15 is 0 Å². The predicted molar refractivity (Wildman–Crippen MR) is 80.6 cm³/mol. The molecule has 0 fully saturated rings. The van der Waals surface area contributed by atoms with Crippen molar-refractivity contribution in [1.82, 2.24) is 5.43 Å². The maximum atomic E-state index is 9.99. The van der Waals surface area contributed by atoms with Gasteiger partial charge in [-0.2, -0.15) is 5.10 Å². The molecule has 0 amide bonds. The van der Waals surface area contributed by atoms with Crippen LogP contribution < -0.4 is 5.43 Å². The van der Waals surface area contributed by atoms with Crippen LogP contribution in [0.25, 0.3) is 0 Å². The van der Waals surface area contributed by atoms with Crippen LogP contribution in [0.15, 0.2) is 17.2 Å². The molecule has 0 aliphatic heterocycles. The van der Waals surface area contributed by atoms with Gasteiger partial charge in [-0.1, -0.05) is 26.1 Å². The van der Waals surface area contributed by atoms with Gasteiger partial charge in [-0.3, -0.25) is 5.43 Å². The van der Waals surface area contributed by atoms with Crippen LogP contribution in [0.2, 0.25) is 0 Å². The Hall–Kier alpha value is -1.42. The highest BCUT2D eigenvalue weighted by Gasteiger charge is 2.11. The summed E-state index contributed by atoms with van der Waals surface area (Å²) in [5.74, 6) is 0.666. The number of hydrazone groups is 1. The summed E-state index contributed by atoms with van der Waals surface area (Å²) in [6.07, 6.45) is 0. The van der Waals surface area contributed by atoms with E-state index in [0.29, 0.717) is 10.9 Å². The molecular formula is C14H20N2OS. The minimum atomic E-state index is 0.252. The van der Waals surface area contributed by atoms with Gasteiger partial charge in [-0.15, -0.1) is 0 Å². The molecule has 1 rings (SSSR count). The molecule has 0 aliphatic carbocycles. The summed E-state index contributed by atoms with van der Waals surface area (Å²) in [5, 5.41) is 14.1. The third kappa shape index (κ3) is 3.53. The zero-order valence-corrected chi connectivity index (χ0v) is 12.4. The van der Waals surface area contributed by atoms with Gasteiger partial charge in [0.1, 0.15) is 5.75 Å². The second kappa shape index (κ2) is 5.96. The average molecular weight is 264 g/mol. The van der Waals surface area contributed by atoms with Gasteiger partial charge in [0, 0.05) is 5.56 Å². The Bertz CT molecular complexity index is 493. The fraction of sp³-hybridized carbons (Fsp3) is 0.429. The van der Waals surface area contributed by atoms with Crippen molar-refractivity contribution in [3.8, 4) is 5.75 Å². The largest absolute Gasteiger partial charge is 0.507 e. The van der Waals surface area contributed by atoms with Gasteiger partial charge in [-0.05, 0) is 49.9 Å². The second-order valence-electron chi connectivity index (χ2n) is 4.75. The van der Waals surface area contributed by atoms with Crippen LogP contribution in [-0.2, 0) is 0 Å². The lowest BCUT2D eigenvalue weighted by Gasteiger charge is -2.13. The minimum absolute atomic E-state index is 0.252. The van der Waals surface area contributed by atoms with Crippen molar-refractivity contribution in [2.45, 2.75) is 40.5 Å². The number of phenols is 1. The lowest BCUT2D eigenvalue weighted by atomic mass is 9.94. The zero-order valence-electron chi connectivity index (χ0n) is 11.5. The van der Waals surface area contributed by atoms with E-state index in [1.54, 1.807) is 13.0 Å². The Morgan fingerprint density at radius 2 is 1.94 bits per heavy atom. The number of nitrogens with one attached hydrogen (secondary N) is 1. The quantitative estimate of drug-likeness (QED) is 0.499. The fourth-order valence-electron chi connectivity index (χ4n) is 1.84. The molecule has 4 heteroatoms. The number of thiocarbonyl (C=S) groups is 1. The lowest BCUT2D eigenvalue weighted by molar-refractivity contribution is 0.473. The number of rotatable bonds is 3. The first-order valence-electron chi connectivity index (χ1n) is 5.97. The van der Waals surface area contributed by atoms with Crippen molar-refractivity contribution in [2.24, 2.45) is 5.10 Å². The number of aryl methyl sites for hydroxylation is 1. The molecule has 0 aliphatic rings. The number of phenolic OH excluding ortho intramolecular Hbond substituents is 1. The average Bonchev–Trinajstić information content (AvgIpc) is 2.25. The van der Waals surface area contributed by atoms with Crippen LogP contribution in [0.3, 0.4) is 0 Å². The van der Waals surface area contributed by atoms with Crippen LogP contribution in [-0.4, -0.2) is 15.8 Å². The molecule has 0 atom stereocenters. The van der Waals surface area contributed by atoms with Gasteiger partial charge in [-0.25, -0.2) is 0 Å². The van der Waals surface area contributed by atoms with Crippen molar-refractivity contribution in [3.05, 3.63) is 28.8 Å². The Balaban J connectivity index is 3.20. The van der Waals surface area contributed by atoms with Crippen LogP contribution in [0.1, 0.15) is 50.3 Å². The number of hydrogen-bond acceptors (Lipinski definition) is 3. The van der Waals surface area contributed by atoms with Crippen LogP contribution in [0, 0.1) is 6.92 Å². The van der Waals surface area contributed by atoms with E-state index in [-0.39, 0.29) is 5.75 Å². The molecule has 3 nitrogen and oxygen atoms in total. The molecule has 1 aromatic rings. The molecular weight excluding hydrogens is 244 g/mol. The summed E-state index contributed by atoms with van der Waals surface area (Å²) < 4.78 is 0. The molecule has 0 radical (unpaired) electrons. The SMILES string of the molecule is CC(=S)N/N=C(\C)c1cc(C(C)C)c(C)cc1O. The van der Waals surface area contributed by atoms with Gasteiger partial charge < -0.3 is 5.11 Å². The molecule has 1 aromatic carbocycles. The Kier molecular flexibility index (Phi) is 4.84. The minimum Gasteiger partial charge on any atom is -0.507 e. The number of benzene rings is 1. The van der Waals surface area contributed by atoms with Gasteiger partial charge in [0.25, 0.3) is 0 Å². The Labute approximate surface area is 114 Å². The van der Waals surface area contributed by atoms with Gasteiger partial charge >= 0.3 is 0 Å². The first kappa shape index (κ1) is 14.6. The smallest absolute Gasteiger partial charge is 0.124 e. The molecule has 0 heterocycles. The zero-order chi connectivity index (χ0) is 13.9. The topological polar surface area (TPSA) is 44.6 Å². The highest BCUT2D eigenvalue weighted by Crippen LogP contribution is 2.27. The summed E-state index contributed by atoms with van der Waals surface area (Å²) in [4.78, 5) is 0.602. The maximum Gasteiger partial charge on any atom is 0.124 e. The van der Waals surface area contributed by atoms with Crippen LogP contribution in [0.5, 0.6) is 5.75 Å². The molecule has 0 spiro atoms. The monoisotopic (exact) mass is 264 g/mol. The van der Waals surface area contributed by atoms with E-state index in [9.17, 15) is 5.11 Å². The number of aromatic hydroxyl groups is 1. The van der Waals surface area contributed by atoms with E-state index in [0.717, 1.165) is 16.8 Å². The van der Waals surface area contributed by atoms with E-state index in [1.807, 2.05) is 19.9 Å². The van der Waals surface area contributed by atoms with Gasteiger partial charge in [0.15, 0.2) is 0 Å². The number of nitrogens with zero attached hydrogens (tertiary/aromatic N) is 1. The summed E-state index contributed by atoms with van der Waals surface area (Å²) in [7, 11) is 0. The first-order chi connectivity index (χ1) is 8.32. The van der Waals surface area contributed by atoms with E-state index in [4.69, 9.17) is 12.2 Å². The molecule has 98 valence electrons. The maximum absolute atomic E-state index is 9.99. The molecule has 0 saturated carbocycles. The van der Waals surface area contributed by atoms with Crippen LogP contribution in [0.4, 0.5) is 0 Å². The Morgan fingerprint density at radius 1 is 1.33 bits per heavy atom. The van der Waals surface area contributed by atoms with E-state index in [2.05, 4.69) is 24.4 Å². The van der Waals surface area contributed by atoms with Crippen molar-refractivity contribution in [2.75, 3.05) is 0 Å². The van der Waals surface area contributed by atoms with Crippen molar-refractivity contribution in [3.63, 3.8) is 0 Å². The summed E-state index contributed by atoms with van der Waals surface area (Å²) in [5.41, 5.74) is 6.52. The van der Waals surface area contributed by atoms with Gasteiger partial charge in [0.2, 0.25) is 0 Å². The highest BCUT2D eigenvalue weighted by molar-refractivity contribution is 7.80. The fourth-order valence-corrected chi connectivity index (χ4v) is 1.89. The molecule has 18 heavy (non-hydrogen) atoms. The summed E-state index contributed by atoms with van der Waals surface area (Å²) in [6, 6.07) is 3.78. The summed E-state index contributed by atoms with van der Waals surface area (Å²) >= 11 is 4.90. The van der Waals surface area contributed by atoms with E-state index < -0.39 is 0 Å². The third-order valence-corrected chi connectivity index (χ3v) is 2.87. The molecule has 0 unspecified atom stereocenters. The van der Waals surface area contributed by atoms with Crippen molar-refractivity contribution >= 4 is 22.9 Å². The summed E-state index contributed by atoms with van der Waals surface area (Å²) in [6.45, 7) is 9.88. The van der Waals surface area contributed by atoms with Gasteiger partial charge in [0.05, 0.1) is 10.7 Å². The van der Waals surface area contributed by atoms with E-state index in [1.165, 1.54) is 5.56 Å². The van der Waals surface area contributed by atoms with Crippen molar-refractivity contribution < 1.29 is 5.11 Å². The first-order valence-corrected chi connectivity index (χ1v) is 6.38. The van der Waals surface area contributed by atoms with Crippen LogP contribution >= 0.6 is 12.2 Å². The molecule has 2 N–H and O–H groups in total. The van der Waals surface area contributed by atoms with Crippen molar-refractivity contribution in [1.29, 1.82) is 0 Å².